The molecule has 2 heterocycles. The molecule has 0 amide bonds. The molecular formula is C22H22O7. The number of benzene rings is 2. The summed E-state index contributed by atoms with van der Waals surface area (Å²) in [6.45, 7) is 1.38. The lowest BCUT2D eigenvalue weighted by molar-refractivity contribution is 0.164. The van der Waals surface area contributed by atoms with E-state index >= 15 is 0 Å². The van der Waals surface area contributed by atoms with Crippen molar-refractivity contribution >= 4 is 0 Å². The molecule has 0 bridgehead atoms. The molecule has 7 heteroatoms. The van der Waals surface area contributed by atoms with Crippen molar-refractivity contribution in [3.05, 3.63) is 35.4 Å². The topological polar surface area (TPSA) is 64.6 Å². The Hall–Kier alpha value is -3.24. The molecular weight excluding hydrogens is 376 g/mol. The van der Waals surface area contributed by atoms with Gasteiger partial charge in [0.2, 0.25) is 25.1 Å². The number of fused-ring (bicyclic) bond motifs is 2. The van der Waals surface area contributed by atoms with E-state index in [9.17, 15) is 0 Å². The number of rotatable bonds is 7. The van der Waals surface area contributed by atoms with E-state index in [2.05, 4.69) is 11.8 Å². The normalized spacial score (nSPS) is 13.0. The van der Waals surface area contributed by atoms with Crippen molar-refractivity contribution in [3.63, 3.8) is 0 Å². The van der Waals surface area contributed by atoms with Crippen molar-refractivity contribution in [1.82, 2.24) is 0 Å². The molecule has 0 fully saturated rings. The Kier molecular flexibility index (Phi) is 5.82. The summed E-state index contributed by atoms with van der Waals surface area (Å²) in [6.07, 6.45) is 1.71. The molecule has 0 unspecified atom stereocenters. The second-order valence-electron chi connectivity index (χ2n) is 6.40. The maximum atomic E-state index is 5.63. The summed E-state index contributed by atoms with van der Waals surface area (Å²) in [7, 11) is 3.21. The number of ether oxygens (including phenoxy) is 7. The van der Waals surface area contributed by atoms with E-state index in [4.69, 9.17) is 33.2 Å². The maximum Gasteiger partial charge on any atom is 0.231 e. The minimum Gasteiger partial charge on any atom is -0.493 e. The van der Waals surface area contributed by atoms with Crippen LogP contribution in [0.5, 0.6) is 34.5 Å². The molecule has 0 radical (unpaired) electrons. The highest BCUT2D eigenvalue weighted by molar-refractivity contribution is 5.58. The lowest BCUT2D eigenvalue weighted by Crippen LogP contribution is -1.98. The van der Waals surface area contributed by atoms with E-state index in [1.807, 2.05) is 24.3 Å². The van der Waals surface area contributed by atoms with Gasteiger partial charge in [0.1, 0.15) is 6.61 Å². The van der Waals surface area contributed by atoms with Crippen LogP contribution in [0.1, 0.15) is 17.5 Å². The fourth-order valence-electron chi connectivity index (χ4n) is 3.17. The third kappa shape index (κ3) is 4.28. The molecule has 0 atom stereocenters. The third-order valence-corrected chi connectivity index (χ3v) is 4.54. The minimum atomic E-state index is 0.195. The standard InChI is InChI=1S/C22H22O7/c1-23-17-9-15(11-19-21(17)28-13-26-19)5-3-7-25-8-4-6-16-10-18(24-2)22-20(12-16)27-14-29-22/h9-12H,3,5,7-8,13-14H2,1-2H3. The molecule has 0 N–H and O–H groups in total. The predicted molar refractivity (Wildman–Crippen MR) is 104 cm³/mol. The van der Waals surface area contributed by atoms with Gasteiger partial charge in [0, 0.05) is 18.2 Å². The zero-order valence-electron chi connectivity index (χ0n) is 16.4. The summed E-state index contributed by atoms with van der Waals surface area (Å²) in [6, 6.07) is 7.62. The van der Waals surface area contributed by atoms with Crippen LogP contribution in [0.3, 0.4) is 0 Å². The molecule has 152 valence electrons. The van der Waals surface area contributed by atoms with Crippen LogP contribution in [-0.4, -0.2) is 41.0 Å². The first kappa shape index (κ1) is 19.1. The SMILES string of the molecule is COc1cc(C#CCOCCCc2cc(OC)c3c(c2)OCO3)cc2c1OCO2. The van der Waals surface area contributed by atoms with Crippen LogP contribution in [0.15, 0.2) is 24.3 Å². The lowest BCUT2D eigenvalue weighted by Gasteiger charge is -2.08. The summed E-state index contributed by atoms with van der Waals surface area (Å²) in [5.74, 6) is 10.1. The second-order valence-corrected chi connectivity index (χ2v) is 6.40. The average molecular weight is 398 g/mol. The van der Waals surface area contributed by atoms with Gasteiger partial charge in [0.05, 0.1) is 14.2 Å². The molecule has 4 rings (SSSR count). The summed E-state index contributed by atoms with van der Waals surface area (Å²) < 4.78 is 37.9. The van der Waals surface area contributed by atoms with Gasteiger partial charge in [-0.05, 0) is 36.6 Å². The molecule has 0 aromatic heterocycles. The monoisotopic (exact) mass is 398 g/mol. The van der Waals surface area contributed by atoms with Gasteiger partial charge in [0.25, 0.3) is 0 Å². The van der Waals surface area contributed by atoms with Crippen LogP contribution in [0.25, 0.3) is 0 Å². The maximum absolute atomic E-state index is 5.63. The summed E-state index contributed by atoms with van der Waals surface area (Å²) >= 11 is 0. The first-order valence-corrected chi connectivity index (χ1v) is 9.29. The fourth-order valence-corrected chi connectivity index (χ4v) is 3.17. The predicted octanol–water partition coefficient (Wildman–Crippen LogP) is 3.16. The Labute approximate surface area is 169 Å². The van der Waals surface area contributed by atoms with Gasteiger partial charge in [-0.3, -0.25) is 0 Å². The van der Waals surface area contributed by atoms with Crippen LogP contribution in [-0.2, 0) is 11.2 Å². The van der Waals surface area contributed by atoms with E-state index in [-0.39, 0.29) is 13.6 Å². The van der Waals surface area contributed by atoms with Crippen molar-refractivity contribution in [2.75, 3.05) is 41.0 Å². The van der Waals surface area contributed by atoms with Gasteiger partial charge in [-0.2, -0.15) is 0 Å². The van der Waals surface area contributed by atoms with Crippen molar-refractivity contribution in [3.8, 4) is 46.3 Å². The molecule has 0 saturated carbocycles. The number of hydrogen-bond donors (Lipinski definition) is 0. The summed E-state index contributed by atoms with van der Waals surface area (Å²) in [4.78, 5) is 0. The zero-order valence-corrected chi connectivity index (χ0v) is 16.4. The molecule has 0 saturated heterocycles. The number of aryl methyl sites for hydroxylation is 1. The highest BCUT2D eigenvalue weighted by Crippen LogP contribution is 2.42. The second kappa shape index (κ2) is 8.84. The average Bonchev–Trinajstić information content (AvgIpc) is 3.41. The van der Waals surface area contributed by atoms with Gasteiger partial charge in [-0.1, -0.05) is 11.8 Å². The van der Waals surface area contributed by atoms with E-state index in [1.54, 1.807) is 14.2 Å². The zero-order chi connectivity index (χ0) is 20.1. The third-order valence-electron chi connectivity index (χ3n) is 4.54. The van der Waals surface area contributed by atoms with Gasteiger partial charge >= 0.3 is 0 Å². The first-order chi connectivity index (χ1) is 14.3. The van der Waals surface area contributed by atoms with Crippen LogP contribution in [0.2, 0.25) is 0 Å². The van der Waals surface area contributed by atoms with Crippen LogP contribution in [0.4, 0.5) is 0 Å². The van der Waals surface area contributed by atoms with Crippen molar-refractivity contribution in [2.24, 2.45) is 0 Å². The van der Waals surface area contributed by atoms with Gasteiger partial charge in [-0.25, -0.2) is 0 Å². The molecule has 2 aliphatic heterocycles. The lowest BCUT2D eigenvalue weighted by atomic mass is 10.1. The van der Waals surface area contributed by atoms with E-state index < -0.39 is 0 Å². The Morgan fingerprint density at radius 1 is 0.862 bits per heavy atom. The Bertz CT molecular complexity index is 942. The molecule has 7 nitrogen and oxygen atoms in total. The first-order valence-electron chi connectivity index (χ1n) is 9.29. The highest BCUT2D eigenvalue weighted by Gasteiger charge is 2.20. The number of methoxy groups -OCH3 is 2. The van der Waals surface area contributed by atoms with Crippen LogP contribution >= 0.6 is 0 Å². The van der Waals surface area contributed by atoms with Gasteiger partial charge in [0.15, 0.2) is 23.0 Å². The Morgan fingerprint density at radius 3 is 2.28 bits per heavy atom. The fraction of sp³-hybridized carbons (Fsp3) is 0.364. The minimum absolute atomic E-state index is 0.195. The summed E-state index contributed by atoms with van der Waals surface area (Å²) in [5, 5.41) is 0. The molecule has 29 heavy (non-hydrogen) atoms. The van der Waals surface area contributed by atoms with E-state index in [0.29, 0.717) is 42.0 Å². The van der Waals surface area contributed by atoms with Gasteiger partial charge in [-0.15, -0.1) is 0 Å². The highest BCUT2D eigenvalue weighted by atomic mass is 16.7. The van der Waals surface area contributed by atoms with Crippen molar-refractivity contribution in [2.45, 2.75) is 12.8 Å². The van der Waals surface area contributed by atoms with E-state index in [1.165, 1.54) is 0 Å². The van der Waals surface area contributed by atoms with Crippen LogP contribution in [0, 0.1) is 11.8 Å². The van der Waals surface area contributed by atoms with Crippen LogP contribution < -0.4 is 28.4 Å². The molecule has 2 aliphatic rings. The molecule has 0 spiro atoms. The summed E-state index contributed by atoms with van der Waals surface area (Å²) in [5.41, 5.74) is 1.91. The van der Waals surface area contributed by atoms with Gasteiger partial charge < -0.3 is 33.2 Å². The molecule has 0 aliphatic carbocycles. The Morgan fingerprint density at radius 2 is 1.55 bits per heavy atom. The molecule has 2 aromatic rings. The smallest absolute Gasteiger partial charge is 0.231 e. The quantitative estimate of drug-likeness (QED) is 0.524. The van der Waals surface area contributed by atoms with Crippen molar-refractivity contribution < 1.29 is 33.2 Å². The molecule has 2 aromatic carbocycles. The Balaban J connectivity index is 1.25. The van der Waals surface area contributed by atoms with Crippen molar-refractivity contribution in [1.29, 1.82) is 0 Å². The largest absolute Gasteiger partial charge is 0.493 e. The van der Waals surface area contributed by atoms with E-state index in [0.717, 1.165) is 29.7 Å². The number of hydrogen-bond acceptors (Lipinski definition) is 7.